The number of benzene rings is 4. The summed E-state index contributed by atoms with van der Waals surface area (Å²) in [7, 11) is 3.38. The molecule has 8 rings (SSSR count). The molecule has 10 atom stereocenters. The first-order valence-electron chi connectivity index (χ1n) is 29.1. The molecule has 15 heteroatoms. The van der Waals surface area contributed by atoms with Crippen LogP contribution in [0.25, 0.3) is 10.8 Å². The van der Waals surface area contributed by atoms with Crippen molar-refractivity contribution in [2.45, 2.75) is 168 Å². The van der Waals surface area contributed by atoms with Crippen LogP contribution in [-0.4, -0.2) is 114 Å². The van der Waals surface area contributed by atoms with E-state index in [9.17, 15) is 38.4 Å². The van der Waals surface area contributed by atoms with Gasteiger partial charge < -0.3 is 36.4 Å². The van der Waals surface area contributed by atoms with Gasteiger partial charge in [0, 0.05) is 49.4 Å². The summed E-state index contributed by atoms with van der Waals surface area (Å²) in [6.07, 6.45) is 5.91. The Kier molecular flexibility index (Phi) is 18.6. The zero-order valence-electron chi connectivity index (χ0n) is 48.7. The number of amides is 5. The first kappa shape index (κ1) is 59.5. The highest BCUT2D eigenvalue weighted by Crippen LogP contribution is 2.39. The zero-order chi connectivity index (χ0) is 57.8. The molecule has 2 saturated heterocycles. The molecule has 2 heterocycles. The SMILES string of the molecule is CN[C@@H](C)C(=O)C[C@H](C(=O)N1C[C@@H](CC(=O)c2ccc3ccc(C(=O)C[C@H]4C[C@@H](C(=O)N[C@@H]5CCCc6ccccc65)N(C(=O)[C@@H](NC(=O)[C@H](C)NC)C(C)(C)C)C4)cc3c2)C[C@H]1C(=O)N[C@@H]1CCCc2ccccc21)C(C)(C)C. The van der Waals surface area contributed by atoms with Gasteiger partial charge in [-0.1, -0.05) is 114 Å². The molecule has 4 aromatic rings. The van der Waals surface area contributed by atoms with Crippen molar-refractivity contribution in [3.05, 3.63) is 118 Å². The average Bonchev–Trinajstić information content (AvgIpc) is 4.11. The van der Waals surface area contributed by atoms with Crippen molar-refractivity contribution in [1.82, 2.24) is 36.4 Å². The van der Waals surface area contributed by atoms with Crippen LogP contribution in [0.15, 0.2) is 84.9 Å². The summed E-state index contributed by atoms with van der Waals surface area (Å²) in [6, 6.07) is 22.9. The van der Waals surface area contributed by atoms with Crippen molar-refractivity contribution in [2.24, 2.45) is 28.6 Å². The summed E-state index contributed by atoms with van der Waals surface area (Å²) < 4.78 is 0. The van der Waals surface area contributed by atoms with E-state index >= 15 is 0 Å². The van der Waals surface area contributed by atoms with Gasteiger partial charge in [0.2, 0.25) is 29.5 Å². The number of carbonyl (C=O) groups is 8. The Hall–Kier alpha value is -6.58. The lowest BCUT2D eigenvalue weighted by atomic mass is 9.76. The molecule has 0 radical (unpaired) electrons. The lowest BCUT2D eigenvalue weighted by Gasteiger charge is -2.36. The summed E-state index contributed by atoms with van der Waals surface area (Å²) in [5.41, 5.74) is 4.10. The van der Waals surface area contributed by atoms with Gasteiger partial charge in [-0.25, -0.2) is 0 Å². The highest BCUT2D eigenvalue weighted by molar-refractivity contribution is 6.04. The minimum atomic E-state index is -0.945. The van der Waals surface area contributed by atoms with E-state index in [1.54, 1.807) is 62.0 Å². The van der Waals surface area contributed by atoms with Crippen molar-refractivity contribution in [3.8, 4) is 0 Å². The average molecular weight is 1090 g/mol. The van der Waals surface area contributed by atoms with Gasteiger partial charge >= 0.3 is 0 Å². The van der Waals surface area contributed by atoms with Gasteiger partial charge in [-0.2, -0.15) is 0 Å². The normalized spacial score (nSPS) is 22.5. The molecule has 2 fully saturated rings. The molecule has 4 aliphatic rings. The van der Waals surface area contributed by atoms with E-state index in [0.717, 1.165) is 55.0 Å². The monoisotopic (exact) mass is 1090 g/mol. The quantitative estimate of drug-likeness (QED) is 0.0570. The number of Topliss-reactive ketones (excluding diaryl/α,β-unsaturated/α-hetero) is 3. The molecule has 0 spiro atoms. The topological polar surface area (TPSA) is 203 Å². The number of hydrogen-bond acceptors (Lipinski definition) is 10. The number of hydrogen-bond donors (Lipinski definition) is 5. The predicted octanol–water partition coefficient (Wildman–Crippen LogP) is 8.18. The van der Waals surface area contributed by atoms with E-state index in [-0.39, 0.29) is 116 Å². The minimum absolute atomic E-state index is 0.0126. The summed E-state index contributed by atoms with van der Waals surface area (Å²) in [5, 5.41) is 17.0. The first-order valence-corrected chi connectivity index (χ1v) is 29.1. The Morgan fingerprint density at radius 2 is 1.04 bits per heavy atom. The third-order valence-electron chi connectivity index (χ3n) is 17.6. The molecule has 428 valence electrons. The minimum Gasteiger partial charge on any atom is -0.347 e. The van der Waals surface area contributed by atoms with Gasteiger partial charge in [-0.05, 0) is 147 Å². The molecule has 0 aromatic heterocycles. The van der Waals surface area contributed by atoms with Crippen LogP contribution >= 0.6 is 0 Å². The smallest absolute Gasteiger partial charge is 0.246 e. The predicted molar refractivity (Wildman–Crippen MR) is 311 cm³/mol. The fraction of sp³-hybridized carbons (Fsp3) is 0.538. The first-order chi connectivity index (χ1) is 37.9. The summed E-state index contributed by atoms with van der Waals surface area (Å²) in [6.45, 7) is 15.3. The van der Waals surface area contributed by atoms with Gasteiger partial charge in [0.1, 0.15) is 23.9 Å². The molecule has 4 aromatic carbocycles. The fourth-order valence-corrected chi connectivity index (χ4v) is 12.5. The maximum absolute atomic E-state index is 14.8. The Balaban J connectivity index is 0.998. The second-order valence-electron chi connectivity index (χ2n) is 25.5. The van der Waals surface area contributed by atoms with Crippen LogP contribution in [-0.2, 0) is 41.6 Å². The Morgan fingerprint density at radius 3 is 1.49 bits per heavy atom. The molecule has 0 unspecified atom stereocenters. The molecule has 2 aliphatic carbocycles. The van der Waals surface area contributed by atoms with E-state index in [0.29, 0.717) is 16.5 Å². The molecular weight excluding hydrogens is 1010 g/mol. The van der Waals surface area contributed by atoms with Crippen LogP contribution in [0.2, 0.25) is 0 Å². The zero-order valence-corrected chi connectivity index (χ0v) is 48.7. The van der Waals surface area contributed by atoms with Crippen LogP contribution in [0, 0.1) is 28.6 Å². The van der Waals surface area contributed by atoms with Crippen LogP contribution in [0.4, 0.5) is 0 Å². The summed E-state index contributed by atoms with van der Waals surface area (Å²) in [5.74, 6) is -3.36. The maximum Gasteiger partial charge on any atom is 0.246 e. The third-order valence-corrected chi connectivity index (χ3v) is 17.6. The number of rotatable bonds is 19. The van der Waals surface area contributed by atoms with Crippen LogP contribution in [0.1, 0.15) is 168 Å². The molecule has 5 N–H and O–H groups in total. The number of nitrogens with zero attached hydrogens (tertiary/aromatic N) is 2. The fourth-order valence-electron chi connectivity index (χ4n) is 12.5. The van der Waals surface area contributed by atoms with E-state index in [1.807, 2.05) is 90.1 Å². The summed E-state index contributed by atoms with van der Waals surface area (Å²) in [4.78, 5) is 117. The molecule has 2 aliphatic heterocycles. The number of nitrogens with one attached hydrogen (secondary N) is 5. The second-order valence-corrected chi connectivity index (χ2v) is 25.5. The molecule has 0 bridgehead atoms. The van der Waals surface area contributed by atoms with Gasteiger partial charge in [0.05, 0.1) is 24.2 Å². The van der Waals surface area contributed by atoms with Crippen LogP contribution < -0.4 is 26.6 Å². The Morgan fingerprint density at radius 1 is 0.575 bits per heavy atom. The standard InChI is InChI=1S/C65H85N7O8/c1-38(66-9)55(73)35-50(64(3,4)5)62(79)71-36-40(29-53(71)60(77)68-51-23-15-19-43-17-11-13-21-48(43)51)31-56(74)45-27-25-42-26-28-46(34-47(42)33-45)57(75)32-41-30-54(61(78)69-52-24-16-20-44-18-12-14-22-49(44)52)72(37-41)63(80)58(65(6,7)8)70-59(76)39(2)67-10/h11-14,17-18,21-22,25-28,33-34,38-41,50-54,58,66-67H,15-16,19-20,23-24,29-32,35-37H2,1-10H3,(H,68,77)(H,69,78)(H,70,76)/t38-,39-,40+,41+,50+,51+,52+,53-,54-,58+/m0/s1. The van der Waals surface area contributed by atoms with E-state index < -0.39 is 47.0 Å². The van der Waals surface area contributed by atoms with Crippen LogP contribution in [0.5, 0.6) is 0 Å². The molecule has 0 saturated carbocycles. The number of fused-ring (bicyclic) bond motifs is 3. The van der Waals surface area contributed by atoms with Gasteiger partial charge in [0.15, 0.2) is 11.6 Å². The van der Waals surface area contributed by atoms with Gasteiger partial charge in [0.25, 0.3) is 0 Å². The second kappa shape index (κ2) is 25.1. The summed E-state index contributed by atoms with van der Waals surface area (Å²) >= 11 is 0. The van der Waals surface area contributed by atoms with Crippen LogP contribution in [0.3, 0.4) is 0 Å². The number of carbonyl (C=O) groups excluding carboxylic acids is 8. The van der Waals surface area contributed by atoms with Gasteiger partial charge in [-0.3, -0.25) is 38.4 Å². The van der Waals surface area contributed by atoms with Crippen molar-refractivity contribution in [3.63, 3.8) is 0 Å². The lowest BCUT2D eigenvalue weighted by Crippen LogP contribution is -2.59. The van der Waals surface area contributed by atoms with E-state index in [1.165, 1.54) is 11.1 Å². The molecule has 15 nitrogen and oxygen atoms in total. The molecule has 80 heavy (non-hydrogen) atoms. The number of likely N-dealkylation sites (N-methyl/N-ethyl adjacent to an activating group) is 2. The highest BCUT2D eigenvalue weighted by atomic mass is 16.2. The lowest BCUT2D eigenvalue weighted by molar-refractivity contribution is -0.146. The van der Waals surface area contributed by atoms with Crippen molar-refractivity contribution >= 4 is 57.7 Å². The molecule has 5 amide bonds. The highest BCUT2D eigenvalue weighted by Gasteiger charge is 2.48. The number of likely N-dealkylation sites (tertiary alicyclic amines) is 2. The Labute approximate surface area is 472 Å². The van der Waals surface area contributed by atoms with Crippen molar-refractivity contribution in [2.75, 3.05) is 27.2 Å². The maximum atomic E-state index is 14.8. The van der Waals surface area contributed by atoms with Crippen molar-refractivity contribution < 1.29 is 38.4 Å². The largest absolute Gasteiger partial charge is 0.347 e. The van der Waals surface area contributed by atoms with E-state index in [4.69, 9.17) is 0 Å². The van der Waals surface area contributed by atoms with Crippen molar-refractivity contribution in [1.29, 1.82) is 0 Å². The molecular formula is C65H85N7O8. The third kappa shape index (κ3) is 13.6. The van der Waals surface area contributed by atoms with Gasteiger partial charge in [-0.15, -0.1) is 0 Å². The number of ketones is 3. The van der Waals surface area contributed by atoms with E-state index in [2.05, 4.69) is 38.7 Å². The Bertz CT molecular complexity index is 2800. The number of aryl methyl sites for hydroxylation is 2.